The van der Waals surface area contributed by atoms with Gasteiger partial charge in [0.2, 0.25) is 0 Å². The molecule has 0 aromatic heterocycles. The molecule has 0 saturated carbocycles. The minimum atomic E-state index is -3.44. The zero-order valence-corrected chi connectivity index (χ0v) is 12.9. The van der Waals surface area contributed by atoms with E-state index in [9.17, 15) is 8.42 Å². The predicted molar refractivity (Wildman–Crippen MR) is 78.5 cm³/mol. The third-order valence-electron chi connectivity index (χ3n) is 2.66. The lowest BCUT2D eigenvalue weighted by Gasteiger charge is -2.25. The fraction of sp³-hybridized carbons (Fsp3) is 0.500. The average molecular weight is 306 g/mol. The molecule has 0 fully saturated rings. The van der Waals surface area contributed by atoms with Crippen molar-refractivity contribution >= 4 is 21.8 Å². The van der Waals surface area contributed by atoms with E-state index in [1.807, 2.05) is 37.2 Å². The van der Waals surface area contributed by atoms with Crippen LogP contribution in [0, 0.1) is 0 Å². The summed E-state index contributed by atoms with van der Waals surface area (Å²) in [5.74, 6) is 0. The zero-order chi connectivity index (χ0) is 14.5. The summed E-state index contributed by atoms with van der Waals surface area (Å²) in [5, 5.41) is 0.638. The first-order valence-electron chi connectivity index (χ1n) is 6.02. The molecule has 0 aliphatic rings. The number of hydrogen-bond acceptors (Lipinski definition) is 3. The highest BCUT2D eigenvalue weighted by atomic mass is 35.5. The Kier molecular flexibility index (Phi) is 6.22. The van der Waals surface area contributed by atoms with Crippen LogP contribution < -0.4 is 9.44 Å². The monoisotopic (exact) mass is 305 g/mol. The van der Waals surface area contributed by atoms with Crippen LogP contribution in [0.15, 0.2) is 24.3 Å². The zero-order valence-electron chi connectivity index (χ0n) is 11.4. The average Bonchev–Trinajstić information content (AvgIpc) is 2.28. The smallest absolute Gasteiger partial charge is 0.276 e. The molecule has 0 heterocycles. The van der Waals surface area contributed by atoms with E-state index in [1.54, 1.807) is 13.0 Å². The number of hydrogen-bond donors (Lipinski definition) is 2. The highest BCUT2D eigenvalue weighted by Crippen LogP contribution is 2.20. The van der Waals surface area contributed by atoms with E-state index in [-0.39, 0.29) is 12.6 Å². The van der Waals surface area contributed by atoms with Crippen molar-refractivity contribution in [2.24, 2.45) is 0 Å². The molecule has 0 radical (unpaired) electrons. The Hall–Kier alpha value is -0.660. The summed E-state index contributed by atoms with van der Waals surface area (Å²) in [6, 6.07) is 7.34. The van der Waals surface area contributed by atoms with Crippen molar-refractivity contribution in [2.75, 3.05) is 27.2 Å². The maximum Gasteiger partial charge on any atom is 0.276 e. The van der Waals surface area contributed by atoms with Gasteiger partial charge in [-0.25, -0.2) is 9.44 Å². The van der Waals surface area contributed by atoms with Crippen molar-refractivity contribution < 1.29 is 8.42 Å². The quantitative estimate of drug-likeness (QED) is 0.800. The highest BCUT2D eigenvalue weighted by Gasteiger charge is 2.17. The molecule has 0 aliphatic carbocycles. The summed E-state index contributed by atoms with van der Waals surface area (Å²) in [7, 11) is 0.354. The summed E-state index contributed by atoms with van der Waals surface area (Å²) in [4.78, 5) is 1.94. The number of nitrogens with one attached hydrogen (secondary N) is 2. The standard InChI is InChI=1S/C12H20ClN3O2S/c1-4-14-19(17,18)15-9-12(16(2)3)10-6-5-7-11(13)8-10/h5-8,12,14-15H,4,9H2,1-3H3. The summed E-state index contributed by atoms with van der Waals surface area (Å²) in [5.41, 5.74) is 0.969. The molecule has 1 unspecified atom stereocenters. The Bertz CT molecular complexity index is 505. The second-order valence-corrected chi connectivity index (χ2v) is 6.40. The first-order valence-corrected chi connectivity index (χ1v) is 7.88. The topological polar surface area (TPSA) is 61.4 Å². The summed E-state index contributed by atoms with van der Waals surface area (Å²) in [6.45, 7) is 2.38. The normalized spacial score (nSPS) is 13.7. The minimum absolute atomic E-state index is 0.0767. The van der Waals surface area contributed by atoms with Crippen LogP contribution in [-0.4, -0.2) is 40.5 Å². The van der Waals surface area contributed by atoms with E-state index in [0.29, 0.717) is 11.6 Å². The van der Waals surface area contributed by atoms with Gasteiger partial charge in [-0.1, -0.05) is 30.7 Å². The highest BCUT2D eigenvalue weighted by molar-refractivity contribution is 7.87. The van der Waals surface area contributed by atoms with Crippen LogP contribution in [0.1, 0.15) is 18.5 Å². The van der Waals surface area contributed by atoms with E-state index in [0.717, 1.165) is 5.56 Å². The van der Waals surface area contributed by atoms with Crippen LogP contribution in [0.5, 0.6) is 0 Å². The molecular formula is C12H20ClN3O2S. The van der Waals surface area contributed by atoms with Gasteiger partial charge in [-0.15, -0.1) is 0 Å². The number of nitrogens with zero attached hydrogens (tertiary/aromatic N) is 1. The molecule has 0 aliphatic heterocycles. The molecule has 1 aromatic carbocycles. The lowest BCUT2D eigenvalue weighted by molar-refractivity contribution is 0.299. The van der Waals surface area contributed by atoms with Gasteiger partial charge in [-0.2, -0.15) is 8.42 Å². The first kappa shape index (κ1) is 16.4. The second kappa shape index (κ2) is 7.21. The van der Waals surface area contributed by atoms with E-state index >= 15 is 0 Å². The van der Waals surface area contributed by atoms with Gasteiger partial charge in [-0.3, -0.25) is 0 Å². The second-order valence-electron chi connectivity index (χ2n) is 4.38. The Balaban J connectivity index is 2.80. The van der Waals surface area contributed by atoms with Crippen LogP contribution in [0.25, 0.3) is 0 Å². The van der Waals surface area contributed by atoms with Crippen molar-refractivity contribution in [3.63, 3.8) is 0 Å². The van der Waals surface area contributed by atoms with Crippen LogP contribution in [0.3, 0.4) is 0 Å². The molecule has 0 amide bonds. The van der Waals surface area contributed by atoms with Gasteiger partial charge >= 0.3 is 0 Å². The molecule has 7 heteroatoms. The maximum atomic E-state index is 11.6. The first-order chi connectivity index (χ1) is 8.85. The lowest BCUT2D eigenvalue weighted by Crippen LogP contribution is -2.41. The molecule has 0 bridgehead atoms. The molecule has 1 atom stereocenters. The summed E-state index contributed by atoms with van der Waals surface area (Å²) in [6.07, 6.45) is 0. The minimum Gasteiger partial charge on any atom is -0.301 e. The van der Waals surface area contributed by atoms with Crippen molar-refractivity contribution in [1.29, 1.82) is 0 Å². The Morgan fingerprint density at radius 1 is 1.32 bits per heavy atom. The van der Waals surface area contributed by atoms with Crippen molar-refractivity contribution in [2.45, 2.75) is 13.0 Å². The summed E-state index contributed by atoms with van der Waals surface area (Å²) < 4.78 is 28.1. The van der Waals surface area contributed by atoms with Gasteiger partial charge in [-0.05, 0) is 31.8 Å². The van der Waals surface area contributed by atoms with E-state index in [1.165, 1.54) is 0 Å². The van der Waals surface area contributed by atoms with E-state index in [4.69, 9.17) is 11.6 Å². The van der Waals surface area contributed by atoms with Gasteiger partial charge in [0, 0.05) is 24.2 Å². The van der Waals surface area contributed by atoms with Crippen molar-refractivity contribution in [3.05, 3.63) is 34.9 Å². The van der Waals surface area contributed by atoms with Gasteiger partial charge in [0.15, 0.2) is 0 Å². The van der Waals surface area contributed by atoms with Gasteiger partial charge in [0.05, 0.1) is 0 Å². The van der Waals surface area contributed by atoms with E-state index < -0.39 is 10.2 Å². The lowest BCUT2D eigenvalue weighted by atomic mass is 10.1. The predicted octanol–water partition coefficient (Wildman–Crippen LogP) is 1.39. The molecular weight excluding hydrogens is 286 g/mol. The number of likely N-dealkylation sites (N-methyl/N-ethyl adjacent to an activating group) is 1. The molecule has 2 N–H and O–H groups in total. The molecule has 19 heavy (non-hydrogen) atoms. The largest absolute Gasteiger partial charge is 0.301 e. The van der Waals surface area contributed by atoms with Crippen molar-refractivity contribution in [1.82, 2.24) is 14.3 Å². The van der Waals surface area contributed by atoms with E-state index in [2.05, 4.69) is 9.44 Å². The summed E-state index contributed by atoms with van der Waals surface area (Å²) >= 11 is 5.96. The fourth-order valence-corrected chi connectivity index (χ4v) is 2.80. The van der Waals surface area contributed by atoms with Crippen molar-refractivity contribution in [3.8, 4) is 0 Å². The third-order valence-corrected chi connectivity index (χ3v) is 4.11. The fourth-order valence-electron chi connectivity index (χ4n) is 1.74. The Morgan fingerprint density at radius 2 is 2.00 bits per heavy atom. The third kappa shape index (κ3) is 5.46. The van der Waals surface area contributed by atoms with Gasteiger partial charge in [0.1, 0.15) is 0 Å². The SMILES string of the molecule is CCNS(=O)(=O)NCC(c1cccc(Cl)c1)N(C)C. The van der Waals surface area contributed by atoms with Crippen LogP contribution >= 0.6 is 11.6 Å². The molecule has 0 saturated heterocycles. The molecule has 108 valence electrons. The maximum absolute atomic E-state index is 11.6. The Morgan fingerprint density at radius 3 is 2.53 bits per heavy atom. The van der Waals surface area contributed by atoms with Crippen LogP contribution in [-0.2, 0) is 10.2 Å². The number of rotatable bonds is 7. The molecule has 1 rings (SSSR count). The van der Waals surface area contributed by atoms with Gasteiger partial charge < -0.3 is 4.90 Å². The van der Waals surface area contributed by atoms with Crippen LogP contribution in [0.4, 0.5) is 0 Å². The molecule has 1 aromatic rings. The van der Waals surface area contributed by atoms with Gasteiger partial charge in [0.25, 0.3) is 10.2 Å². The Labute approximate surface area is 120 Å². The number of benzene rings is 1. The molecule has 0 spiro atoms. The van der Waals surface area contributed by atoms with Crippen LogP contribution in [0.2, 0.25) is 5.02 Å². The molecule has 5 nitrogen and oxygen atoms in total. The number of halogens is 1.